The minimum Gasteiger partial charge on any atom is -0.461 e. The summed E-state index contributed by atoms with van der Waals surface area (Å²) in [4.78, 5) is 0. The van der Waals surface area contributed by atoms with Gasteiger partial charge in [-0.3, -0.25) is 0 Å². The molecule has 0 unspecified atom stereocenters. The Morgan fingerprint density at radius 3 is 2.81 bits per heavy atom. The van der Waals surface area contributed by atoms with E-state index in [1.807, 2.05) is 19.1 Å². The summed E-state index contributed by atoms with van der Waals surface area (Å²) in [7, 11) is 0. The van der Waals surface area contributed by atoms with Gasteiger partial charge in [0.25, 0.3) is 0 Å². The number of hydrogen-bond acceptors (Lipinski definition) is 1. The summed E-state index contributed by atoms with van der Waals surface area (Å²) in [6.07, 6.45) is 5.39. The first kappa shape index (κ1) is 9.91. The Balaban J connectivity index is 2.19. The van der Waals surface area contributed by atoms with Crippen molar-refractivity contribution in [1.82, 2.24) is 0 Å². The van der Waals surface area contributed by atoms with E-state index in [0.717, 1.165) is 28.0 Å². The molecule has 1 aromatic heterocycles. The van der Waals surface area contributed by atoms with E-state index in [-0.39, 0.29) is 0 Å². The molecule has 1 aromatic carbocycles. The number of allylic oxidation sites excluding steroid dienone is 1. The van der Waals surface area contributed by atoms with Gasteiger partial charge < -0.3 is 4.42 Å². The van der Waals surface area contributed by atoms with E-state index < -0.39 is 0 Å². The molecular weight excluding hydrogens is 264 g/mol. The van der Waals surface area contributed by atoms with Crippen LogP contribution < -0.4 is 0 Å². The molecule has 80 valence electrons. The molecule has 16 heavy (non-hydrogen) atoms. The van der Waals surface area contributed by atoms with E-state index in [2.05, 4.69) is 40.2 Å². The molecule has 0 saturated heterocycles. The smallest absolute Gasteiger partial charge is 0.135 e. The van der Waals surface area contributed by atoms with Crippen molar-refractivity contribution in [2.45, 2.75) is 13.3 Å². The van der Waals surface area contributed by atoms with Crippen molar-refractivity contribution in [3.8, 4) is 11.3 Å². The largest absolute Gasteiger partial charge is 0.461 e. The first-order chi connectivity index (χ1) is 7.75. The van der Waals surface area contributed by atoms with E-state index in [9.17, 15) is 0 Å². The van der Waals surface area contributed by atoms with E-state index in [4.69, 9.17) is 4.42 Å². The van der Waals surface area contributed by atoms with E-state index in [1.165, 1.54) is 11.1 Å². The van der Waals surface area contributed by atoms with Crippen molar-refractivity contribution in [2.24, 2.45) is 0 Å². The molecule has 0 amide bonds. The fraction of sp³-hybridized carbons (Fsp3) is 0.143. The van der Waals surface area contributed by atoms with Crippen LogP contribution >= 0.6 is 15.9 Å². The highest BCUT2D eigenvalue weighted by atomic mass is 79.9. The second-order valence-electron chi connectivity index (χ2n) is 4.02. The van der Waals surface area contributed by atoms with Gasteiger partial charge in [-0.1, -0.05) is 18.2 Å². The lowest BCUT2D eigenvalue weighted by molar-refractivity contribution is 0.548. The van der Waals surface area contributed by atoms with Crippen molar-refractivity contribution >= 4 is 22.0 Å². The quantitative estimate of drug-likeness (QED) is 0.742. The zero-order chi connectivity index (χ0) is 11.1. The van der Waals surface area contributed by atoms with Crippen molar-refractivity contribution in [3.63, 3.8) is 0 Å². The maximum Gasteiger partial charge on any atom is 0.135 e. The summed E-state index contributed by atoms with van der Waals surface area (Å²) in [5.74, 6) is 1.87. The Hall–Kier alpha value is -1.28. The molecule has 3 rings (SSSR count). The summed E-state index contributed by atoms with van der Waals surface area (Å²) in [5.41, 5.74) is 3.78. The summed E-state index contributed by atoms with van der Waals surface area (Å²) < 4.78 is 6.79. The standard InChI is InChI=1S/C14H11BrO/c1-9-5-8-13(16-9)12-7-6-10-3-2-4-11(10)14(12)15/h2,4-8H,3H2,1H3. The van der Waals surface area contributed by atoms with Gasteiger partial charge in [-0.25, -0.2) is 0 Å². The molecule has 0 radical (unpaired) electrons. The topological polar surface area (TPSA) is 13.1 Å². The van der Waals surface area contributed by atoms with Crippen LogP contribution in [0.2, 0.25) is 0 Å². The average Bonchev–Trinajstić information content (AvgIpc) is 2.87. The molecule has 2 heteroatoms. The minimum absolute atomic E-state index is 0.924. The zero-order valence-electron chi connectivity index (χ0n) is 8.96. The monoisotopic (exact) mass is 274 g/mol. The summed E-state index contributed by atoms with van der Waals surface area (Å²) >= 11 is 3.67. The maximum absolute atomic E-state index is 5.66. The molecule has 0 atom stereocenters. The Bertz CT molecular complexity index is 578. The normalized spacial score (nSPS) is 13.1. The molecule has 0 fully saturated rings. The molecule has 1 heterocycles. The Morgan fingerprint density at radius 2 is 2.06 bits per heavy atom. The van der Waals surface area contributed by atoms with Crippen LogP contribution in [0.1, 0.15) is 16.9 Å². The second-order valence-corrected chi connectivity index (χ2v) is 4.81. The molecule has 1 aliphatic carbocycles. The van der Waals surface area contributed by atoms with Crippen molar-refractivity contribution < 1.29 is 4.42 Å². The van der Waals surface area contributed by atoms with Gasteiger partial charge in [0, 0.05) is 10.0 Å². The van der Waals surface area contributed by atoms with E-state index in [0.29, 0.717) is 0 Å². The lowest BCUT2D eigenvalue weighted by Crippen LogP contribution is -1.86. The van der Waals surface area contributed by atoms with Crippen LogP contribution in [0.25, 0.3) is 17.4 Å². The number of benzene rings is 1. The van der Waals surface area contributed by atoms with Crippen LogP contribution in [0.15, 0.2) is 39.2 Å². The number of hydrogen-bond donors (Lipinski definition) is 0. The van der Waals surface area contributed by atoms with Crippen LogP contribution in [-0.4, -0.2) is 0 Å². The SMILES string of the molecule is Cc1ccc(-c2ccc3c(c2Br)C=CC3)o1. The molecule has 0 aliphatic heterocycles. The molecule has 0 N–H and O–H groups in total. The highest BCUT2D eigenvalue weighted by molar-refractivity contribution is 9.10. The van der Waals surface area contributed by atoms with E-state index >= 15 is 0 Å². The van der Waals surface area contributed by atoms with Gasteiger partial charge in [-0.15, -0.1) is 0 Å². The fourth-order valence-corrected chi connectivity index (χ4v) is 2.78. The fourth-order valence-electron chi connectivity index (χ4n) is 2.06. The lowest BCUT2D eigenvalue weighted by Gasteiger charge is -2.06. The third-order valence-corrected chi connectivity index (χ3v) is 3.75. The van der Waals surface area contributed by atoms with Crippen LogP contribution in [0.4, 0.5) is 0 Å². The predicted octanol–water partition coefficient (Wildman–Crippen LogP) is 4.59. The predicted molar refractivity (Wildman–Crippen MR) is 69.3 cm³/mol. The number of fused-ring (bicyclic) bond motifs is 1. The molecule has 0 bridgehead atoms. The Labute approximate surface area is 103 Å². The first-order valence-electron chi connectivity index (χ1n) is 5.30. The van der Waals surface area contributed by atoms with Crippen LogP contribution in [-0.2, 0) is 6.42 Å². The third-order valence-electron chi connectivity index (χ3n) is 2.90. The molecule has 1 nitrogen and oxygen atoms in total. The van der Waals surface area contributed by atoms with Crippen molar-refractivity contribution in [1.29, 1.82) is 0 Å². The summed E-state index contributed by atoms with van der Waals surface area (Å²) in [6, 6.07) is 8.30. The van der Waals surface area contributed by atoms with Gasteiger partial charge in [0.05, 0.1) is 0 Å². The van der Waals surface area contributed by atoms with Crippen LogP contribution in [0, 0.1) is 6.92 Å². The van der Waals surface area contributed by atoms with Gasteiger partial charge in [0.15, 0.2) is 0 Å². The number of halogens is 1. The van der Waals surface area contributed by atoms with Gasteiger partial charge in [-0.05, 0) is 58.6 Å². The summed E-state index contributed by atoms with van der Waals surface area (Å²) in [6.45, 7) is 1.96. The zero-order valence-corrected chi connectivity index (χ0v) is 10.5. The average molecular weight is 275 g/mol. The molecule has 1 aliphatic rings. The van der Waals surface area contributed by atoms with Crippen LogP contribution in [0.5, 0.6) is 0 Å². The number of rotatable bonds is 1. The van der Waals surface area contributed by atoms with E-state index in [1.54, 1.807) is 0 Å². The Morgan fingerprint density at radius 1 is 1.19 bits per heavy atom. The highest BCUT2D eigenvalue weighted by Crippen LogP contribution is 2.36. The molecular formula is C14H11BrO. The lowest BCUT2D eigenvalue weighted by atomic mass is 10.0. The first-order valence-corrected chi connectivity index (χ1v) is 6.10. The van der Waals surface area contributed by atoms with Crippen LogP contribution in [0.3, 0.4) is 0 Å². The Kier molecular flexibility index (Phi) is 2.25. The van der Waals surface area contributed by atoms with Gasteiger partial charge in [0.1, 0.15) is 11.5 Å². The van der Waals surface area contributed by atoms with Crippen molar-refractivity contribution in [2.75, 3.05) is 0 Å². The maximum atomic E-state index is 5.66. The van der Waals surface area contributed by atoms with Gasteiger partial charge in [-0.2, -0.15) is 0 Å². The molecule has 0 spiro atoms. The van der Waals surface area contributed by atoms with Crippen molar-refractivity contribution in [3.05, 3.63) is 51.7 Å². The molecule has 0 saturated carbocycles. The highest BCUT2D eigenvalue weighted by Gasteiger charge is 2.14. The summed E-state index contributed by atoms with van der Waals surface area (Å²) in [5, 5.41) is 0. The number of furan rings is 1. The second kappa shape index (κ2) is 3.63. The van der Waals surface area contributed by atoms with Gasteiger partial charge >= 0.3 is 0 Å². The molecule has 2 aromatic rings. The number of aryl methyl sites for hydroxylation is 1. The van der Waals surface area contributed by atoms with Gasteiger partial charge in [0.2, 0.25) is 0 Å². The minimum atomic E-state index is 0.924. The third kappa shape index (κ3) is 1.45.